The van der Waals surface area contributed by atoms with E-state index in [1.807, 2.05) is 0 Å². The molecule has 1 aromatic carbocycles. The van der Waals surface area contributed by atoms with Crippen molar-refractivity contribution in [1.29, 1.82) is 0 Å². The molecule has 4 N–H and O–H groups in total. The average Bonchev–Trinajstić information content (AvgIpc) is 2.23. The first kappa shape index (κ1) is 15.3. The molecule has 104 valence electrons. The predicted molar refractivity (Wildman–Crippen MR) is 65.4 cm³/mol. The third-order valence-corrected chi connectivity index (χ3v) is 2.40. The van der Waals surface area contributed by atoms with Gasteiger partial charge in [-0.15, -0.1) is 0 Å². The Labute approximate surface area is 114 Å². The Hall–Kier alpha value is -1.77. The molecule has 9 heteroatoms. The number of rotatable bonds is 3. The fraction of sp³-hybridized carbons (Fsp3) is 0.200. The van der Waals surface area contributed by atoms with Crippen LogP contribution in [0.4, 0.5) is 23.7 Å². The van der Waals surface area contributed by atoms with E-state index in [9.17, 15) is 22.8 Å². The van der Waals surface area contributed by atoms with Crippen molar-refractivity contribution in [3.8, 4) is 0 Å². The molecule has 0 unspecified atom stereocenters. The molecule has 5 nitrogen and oxygen atoms in total. The number of carbonyl (C=O) groups excluding carboxylic acids is 2. The zero-order chi connectivity index (χ0) is 14.6. The quantitative estimate of drug-likeness (QED) is 0.788. The Morgan fingerprint density at radius 3 is 2.42 bits per heavy atom. The van der Waals surface area contributed by atoms with E-state index in [0.717, 1.165) is 12.1 Å². The van der Waals surface area contributed by atoms with Crippen molar-refractivity contribution < 1.29 is 22.8 Å². The highest BCUT2D eigenvalue weighted by Gasteiger charge is 2.31. The second-order valence-corrected chi connectivity index (χ2v) is 4.41. The fourth-order valence-electron chi connectivity index (χ4n) is 1.22. The highest BCUT2D eigenvalue weighted by molar-refractivity contribution is 9.10. The average molecular weight is 340 g/mol. The summed E-state index contributed by atoms with van der Waals surface area (Å²) in [5.74, 6) is -0.749. The van der Waals surface area contributed by atoms with Crippen LogP contribution in [0, 0.1) is 0 Å². The van der Waals surface area contributed by atoms with Gasteiger partial charge >= 0.3 is 12.2 Å². The minimum atomic E-state index is -4.49. The number of nitrogens with one attached hydrogen (secondary N) is 2. The maximum absolute atomic E-state index is 12.5. The molecule has 1 rings (SSSR count). The summed E-state index contributed by atoms with van der Waals surface area (Å²) < 4.78 is 37.8. The molecule has 0 fully saturated rings. The van der Waals surface area contributed by atoms with Gasteiger partial charge in [0.25, 0.3) is 0 Å². The fourth-order valence-corrected chi connectivity index (χ4v) is 1.71. The molecule has 19 heavy (non-hydrogen) atoms. The van der Waals surface area contributed by atoms with E-state index in [-0.39, 0.29) is 16.7 Å². The zero-order valence-electron chi connectivity index (χ0n) is 9.34. The van der Waals surface area contributed by atoms with Gasteiger partial charge in [-0.05, 0) is 18.2 Å². The molecular weight excluding hydrogens is 331 g/mol. The lowest BCUT2D eigenvalue weighted by Gasteiger charge is -2.11. The van der Waals surface area contributed by atoms with Gasteiger partial charge in [-0.25, -0.2) is 4.79 Å². The van der Waals surface area contributed by atoms with Gasteiger partial charge in [0.1, 0.15) is 0 Å². The van der Waals surface area contributed by atoms with Gasteiger partial charge in [0.05, 0.1) is 12.1 Å². The molecule has 0 aliphatic carbocycles. The van der Waals surface area contributed by atoms with Crippen molar-refractivity contribution in [3.05, 3.63) is 28.2 Å². The van der Waals surface area contributed by atoms with Crippen molar-refractivity contribution in [2.75, 3.05) is 11.9 Å². The number of alkyl halides is 3. The van der Waals surface area contributed by atoms with E-state index < -0.39 is 23.7 Å². The standard InChI is InChI=1S/C10H9BrF3N3O2/c11-6-1-5(10(12,13)14)2-7(3-6)16-4-8(18)17-9(15)19/h1-3,16H,4H2,(H3,15,17,18,19). The van der Waals surface area contributed by atoms with Crippen molar-refractivity contribution >= 4 is 33.6 Å². The second kappa shape index (κ2) is 5.91. The SMILES string of the molecule is NC(=O)NC(=O)CNc1cc(Br)cc(C(F)(F)F)c1. The van der Waals surface area contributed by atoms with Gasteiger partial charge in [0.2, 0.25) is 5.91 Å². The monoisotopic (exact) mass is 339 g/mol. The molecule has 3 amide bonds. The summed E-state index contributed by atoms with van der Waals surface area (Å²) in [6.45, 7) is -0.378. The molecule has 0 atom stereocenters. The largest absolute Gasteiger partial charge is 0.416 e. The van der Waals surface area contributed by atoms with Crippen LogP contribution in [-0.2, 0) is 11.0 Å². The smallest absolute Gasteiger partial charge is 0.376 e. The van der Waals surface area contributed by atoms with Crippen LogP contribution in [0.25, 0.3) is 0 Å². The molecule has 0 aliphatic rings. The Morgan fingerprint density at radius 1 is 1.26 bits per heavy atom. The highest BCUT2D eigenvalue weighted by atomic mass is 79.9. The Balaban J connectivity index is 2.77. The molecule has 0 radical (unpaired) electrons. The van der Waals surface area contributed by atoms with Crippen molar-refractivity contribution in [3.63, 3.8) is 0 Å². The van der Waals surface area contributed by atoms with E-state index in [0.29, 0.717) is 0 Å². The topological polar surface area (TPSA) is 84.2 Å². The van der Waals surface area contributed by atoms with Crippen LogP contribution >= 0.6 is 15.9 Å². The number of primary amides is 1. The van der Waals surface area contributed by atoms with Gasteiger partial charge in [-0.1, -0.05) is 15.9 Å². The molecule has 0 aromatic heterocycles. The predicted octanol–water partition coefficient (Wildman–Crippen LogP) is 2.07. The normalized spacial score (nSPS) is 10.9. The Kier molecular flexibility index (Phi) is 4.76. The maximum atomic E-state index is 12.5. The van der Waals surface area contributed by atoms with Crippen molar-refractivity contribution in [2.45, 2.75) is 6.18 Å². The number of amides is 3. The van der Waals surface area contributed by atoms with Gasteiger partial charge in [0, 0.05) is 10.2 Å². The Morgan fingerprint density at radius 2 is 1.89 bits per heavy atom. The summed E-state index contributed by atoms with van der Waals surface area (Å²) in [4.78, 5) is 21.5. The van der Waals surface area contributed by atoms with E-state index in [2.05, 4.69) is 21.2 Å². The Bertz CT molecular complexity index is 505. The molecule has 0 bridgehead atoms. The van der Waals surface area contributed by atoms with Crippen LogP contribution in [0.3, 0.4) is 0 Å². The minimum absolute atomic E-state index is 0.0846. The first-order valence-corrected chi connectivity index (χ1v) is 5.69. The number of urea groups is 1. The molecule has 0 saturated carbocycles. The lowest BCUT2D eigenvalue weighted by atomic mass is 10.2. The first-order valence-electron chi connectivity index (χ1n) is 4.89. The maximum Gasteiger partial charge on any atom is 0.416 e. The number of halogens is 4. The summed E-state index contributed by atoms with van der Waals surface area (Å²) >= 11 is 2.94. The van der Waals surface area contributed by atoms with Gasteiger partial charge < -0.3 is 11.1 Å². The van der Waals surface area contributed by atoms with Crippen molar-refractivity contribution in [2.24, 2.45) is 5.73 Å². The molecule has 0 aliphatic heterocycles. The molecule has 1 aromatic rings. The number of nitrogens with two attached hydrogens (primary N) is 1. The van der Waals surface area contributed by atoms with Gasteiger partial charge in [0.15, 0.2) is 0 Å². The third kappa shape index (κ3) is 5.16. The molecule has 0 spiro atoms. The number of hydrogen-bond acceptors (Lipinski definition) is 3. The van der Waals surface area contributed by atoms with E-state index >= 15 is 0 Å². The number of carbonyl (C=O) groups is 2. The van der Waals surface area contributed by atoms with Crippen LogP contribution in [0.1, 0.15) is 5.56 Å². The number of anilines is 1. The van der Waals surface area contributed by atoms with Crippen LogP contribution < -0.4 is 16.4 Å². The first-order chi connectivity index (χ1) is 8.68. The summed E-state index contributed by atoms with van der Waals surface area (Å²) in [7, 11) is 0. The van der Waals surface area contributed by atoms with Crippen LogP contribution in [0.2, 0.25) is 0 Å². The third-order valence-electron chi connectivity index (χ3n) is 1.94. The van der Waals surface area contributed by atoms with Crippen molar-refractivity contribution in [1.82, 2.24) is 5.32 Å². The number of benzene rings is 1. The lowest BCUT2D eigenvalue weighted by Crippen LogP contribution is -2.38. The molecular formula is C10H9BrF3N3O2. The van der Waals surface area contributed by atoms with Gasteiger partial charge in [-0.3, -0.25) is 10.1 Å². The van der Waals surface area contributed by atoms with E-state index in [4.69, 9.17) is 5.73 Å². The minimum Gasteiger partial charge on any atom is -0.376 e. The lowest BCUT2D eigenvalue weighted by molar-refractivity contribution is -0.137. The van der Waals surface area contributed by atoms with E-state index in [1.54, 1.807) is 5.32 Å². The van der Waals surface area contributed by atoms with E-state index in [1.165, 1.54) is 6.07 Å². The van der Waals surface area contributed by atoms with Crippen LogP contribution in [0.5, 0.6) is 0 Å². The molecule has 0 saturated heterocycles. The second-order valence-electron chi connectivity index (χ2n) is 3.49. The van der Waals surface area contributed by atoms with Gasteiger partial charge in [-0.2, -0.15) is 13.2 Å². The summed E-state index contributed by atoms with van der Waals surface area (Å²) in [5, 5.41) is 4.23. The number of hydrogen-bond donors (Lipinski definition) is 3. The number of imide groups is 1. The highest BCUT2D eigenvalue weighted by Crippen LogP contribution is 2.33. The summed E-state index contributed by atoms with van der Waals surface area (Å²) in [6.07, 6.45) is -4.49. The summed E-state index contributed by atoms with van der Waals surface area (Å²) in [6, 6.07) is 2.10. The molecule has 0 heterocycles. The zero-order valence-corrected chi connectivity index (χ0v) is 10.9. The van der Waals surface area contributed by atoms with Crippen LogP contribution in [0.15, 0.2) is 22.7 Å². The van der Waals surface area contributed by atoms with Crippen LogP contribution in [-0.4, -0.2) is 18.5 Å². The summed E-state index contributed by atoms with van der Waals surface area (Å²) in [5.41, 5.74) is 3.94.